The molecule has 1 fully saturated rings. The molecule has 2 aliphatic rings. The zero-order valence-corrected chi connectivity index (χ0v) is 25.0. The number of allylic oxidation sites excluding steroid dienone is 3. The van der Waals surface area contributed by atoms with E-state index in [4.69, 9.17) is 14.0 Å². The van der Waals surface area contributed by atoms with Gasteiger partial charge in [0.15, 0.2) is 5.78 Å². The fourth-order valence-electron chi connectivity index (χ4n) is 4.24. The van der Waals surface area contributed by atoms with Crippen LogP contribution in [0.5, 0.6) is 0 Å². The summed E-state index contributed by atoms with van der Waals surface area (Å²) in [5, 5.41) is 1.75. The Bertz CT molecular complexity index is 1120. The number of aryl methyl sites for hydroxylation is 1. The summed E-state index contributed by atoms with van der Waals surface area (Å²) < 4.78 is 51.2. The average Bonchev–Trinajstić information content (AvgIpc) is 3.10. The second-order valence-corrected chi connectivity index (χ2v) is 21.8. The van der Waals surface area contributed by atoms with E-state index in [0.717, 1.165) is 40.1 Å². The van der Waals surface area contributed by atoms with Crippen LogP contribution in [0.3, 0.4) is 0 Å². The summed E-state index contributed by atoms with van der Waals surface area (Å²) in [7, 11) is -7.64. The molecule has 35 heavy (non-hydrogen) atoms. The van der Waals surface area contributed by atoms with Crippen LogP contribution in [-0.4, -0.2) is 41.2 Å². The molecule has 0 spiro atoms. The van der Waals surface area contributed by atoms with Gasteiger partial charge in [-0.2, -0.15) is 0 Å². The van der Waals surface area contributed by atoms with Gasteiger partial charge in [-0.15, -0.1) is 0 Å². The van der Waals surface area contributed by atoms with Crippen molar-refractivity contribution in [2.75, 3.05) is 6.54 Å². The van der Waals surface area contributed by atoms with Crippen molar-refractivity contribution in [1.82, 2.24) is 4.31 Å². The molecule has 0 radical (unpaired) electrons. The number of ketones is 1. The standard InChI is InChI=1S/C21H31NO3SSi2.3CO.Fe/c1-15-10-12-16(13-11-15)26(24,25)22-14-8-9-17-18(22)21(28(5,6)7)19(23)20(17)27(2,3)4;3*1-2;/h10-13H,8-9,14H2,1-7H3;;;;. The summed E-state index contributed by atoms with van der Waals surface area (Å²) in [4.78, 5) is 13.9. The van der Waals surface area contributed by atoms with E-state index in [9.17, 15) is 13.2 Å². The van der Waals surface area contributed by atoms with Gasteiger partial charge in [0.2, 0.25) is 0 Å². The molecule has 1 heterocycles. The first kappa shape index (κ1) is 35.5. The molecule has 0 amide bonds. The van der Waals surface area contributed by atoms with Crippen molar-refractivity contribution in [3.05, 3.63) is 71.4 Å². The quantitative estimate of drug-likeness (QED) is 0.299. The average molecular weight is 574 g/mol. The first-order valence-electron chi connectivity index (χ1n) is 10.5. The Hall–Kier alpha value is -1.71. The second kappa shape index (κ2) is 14.1. The van der Waals surface area contributed by atoms with Gasteiger partial charge in [-0.05, 0) is 42.7 Å². The van der Waals surface area contributed by atoms with Crippen LogP contribution in [0, 0.1) is 26.9 Å². The van der Waals surface area contributed by atoms with Crippen molar-refractivity contribution < 1.29 is 44.2 Å². The van der Waals surface area contributed by atoms with E-state index in [1.54, 1.807) is 16.4 Å². The predicted octanol–water partition coefficient (Wildman–Crippen LogP) is 4.55. The van der Waals surface area contributed by atoms with Gasteiger partial charge in [-0.1, -0.05) is 57.0 Å². The van der Waals surface area contributed by atoms with Crippen LogP contribution in [-0.2, 0) is 45.8 Å². The topological polar surface area (TPSA) is 114 Å². The molecule has 7 nitrogen and oxygen atoms in total. The van der Waals surface area contributed by atoms with Crippen LogP contribution >= 0.6 is 0 Å². The van der Waals surface area contributed by atoms with Gasteiger partial charge in [0, 0.05) is 28.8 Å². The molecule has 0 saturated carbocycles. The normalized spacial score (nSPS) is 15.2. The monoisotopic (exact) mass is 573 g/mol. The van der Waals surface area contributed by atoms with E-state index in [1.807, 2.05) is 19.1 Å². The first-order valence-corrected chi connectivity index (χ1v) is 18.9. The molecule has 0 aromatic heterocycles. The molecule has 0 unspecified atom stereocenters. The fourth-order valence-corrected chi connectivity index (χ4v) is 9.74. The maximum absolute atomic E-state index is 13.6. The number of fused-ring (bicyclic) bond motifs is 1. The Morgan fingerprint density at radius 3 is 1.66 bits per heavy atom. The number of Topliss-reactive ketones (excluding diaryl/α,β-unsaturated/α-hetero) is 1. The smallest absolute Gasteiger partial charge is 0 e. The molecule has 3 rings (SSSR count). The van der Waals surface area contributed by atoms with Gasteiger partial charge in [-0.3, -0.25) is 9.10 Å². The second-order valence-electron chi connectivity index (χ2n) is 9.90. The molecule has 0 N–H and O–H groups in total. The summed E-state index contributed by atoms with van der Waals surface area (Å²) in [5.74, 6) is 0.134. The Balaban J connectivity index is 0. The SMILES string of the molecule is Cc1ccc(S(=O)(=O)N2CCCC3=C([Si](C)(C)C)C(=O)C([Si](C)(C)C)=C32)cc1.[C-]#[O+].[C-]#[O+].[C-]#[O+].[Fe]. The van der Waals surface area contributed by atoms with Gasteiger partial charge < -0.3 is 0 Å². The van der Waals surface area contributed by atoms with Gasteiger partial charge >= 0.3 is 33.9 Å². The number of sulfonamides is 1. The zero-order valence-electron chi connectivity index (χ0n) is 21.1. The molecule has 11 heteroatoms. The number of carbonyl (C=O) groups is 1. The van der Waals surface area contributed by atoms with Crippen molar-refractivity contribution >= 4 is 32.0 Å². The number of hydrogen-bond acceptors (Lipinski definition) is 3. The fraction of sp³-hybridized carbons (Fsp3) is 0.417. The largest absolute Gasteiger partial charge is 0 e. The van der Waals surface area contributed by atoms with Crippen LogP contribution in [0.25, 0.3) is 0 Å². The van der Waals surface area contributed by atoms with Gasteiger partial charge in [-0.25, -0.2) is 8.42 Å². The molecule has 1 aromatic carbocycles. The summed E-state index contributed by atoms with van der Waals surface area (Å²) >= 11 is 0. The van der Waals surface area contributed by atoms with Crippen molar-refractivity contribution in [2.45, 2.75) is 63.9 Å². The Kier molecular flexibility index (Phi) is 14.3. The summed E-state index contributed by atoms with van der Waals surface area (Å²) in [6, 6.07) is 7.00. The van der Waals surface area contributed by atoms with E-state index < -0.39 is 26.2 Å². The number of hydrogen-bond donors (Lipinski definition) is 0. The minimum absolute atomic E-state index is 0. The Morgan fingerprint density at radius 1 is 0.829 bits per heavy atom. The minimum Gasteiger partial charge on any atom is 0 e. The van der Waals surface area contributed by atoms with Crippen LogP contribution in [0.1, 0.15) is 18.4 Å². The molecule has 1 saturated heterocycles. The summed E-state index contributed by atoms with van der Waals surface area (Å²) in [6.45, 7) is 28.9. The van der Waals surface area contributed by atoms with Crippen molar-refractivity contribution in [1.29, 1.82) is 0 Å². The van der Waals surface area contributed by atoms with Crippen molar-refractivity contribution in [3.8, 4) is 0 Å². The van der Waals surface area contributed by atoms with E-state index in [2.05, 4.69) is 59.2 Å². The van der Waals surface area contributed by atoms with Crippen LogP contribution in [0.4, 0.5) is 0 Å². The number of carbonyl (C=O) groups excluding carboxylic acids is 1. The van der Waals surface area contributed by atoms with Crippen LogP contribution in [0.2, 0.25) is 39.3 Å². The van der Waals surface area contributed by atoms with Crippen LogP contribution in [0.15, 0.2) is 50.8 Å². The van der Waals surface area contributed by atoms with Crippen molar-refractivity contribution in [3.63, 3.8) is 0 Å². The number of nitrogens with zero attached hydrogens (tertiary/aromatic N) is 1. The molecular formula is C24H31FeNO6SSi2. The molecule has 190 valence electrons. The third-order valence-corrected chi connectivity index (χ3v) is 11.2. The molecule has 0 atom stereocenters. The number of rotatable bonds is 4. The Morgan fingerprint density at radius 2 is 1.26 bits per heavy atom. The summed E-state index contributed by atoms with van der Waals surface area (Å²) in [6.07, 6.45) is 1.55. The predicted molar refractivity (Wildman–Crippen MR) is 132 cm³/mol. The zero-order chi connectivity index (χ0) is 27.1. The molecule has 1 aliphatic heterocycles. The molecule has 0 bridgehead atoms. The number of piperidine rings is 1. The Labute approximate surface area is 221 Å². The maximum Gasteiger partial charge on any atom is 0 e. The van der Waals surface area contributed by atoms with E-state index >= 15 is 0 Å². The van der Waals surface area contributed by atoms with Gasteiger partial charge in [0.05, 0.1) is 26.7 Å². The van der Waals surface area contributed by atoms with Crippen LogP contribution < -0.4 is 0 Å². The third-order valence-electron chi connectivity index (χ3n) is 5.42. The molecule has 1 aromatic rings. The summed E-state index contributed by atoms with van der Waals surface area (Å²) in [5.41, 5.74) is 2.77. The first-order chi connectivity index (χ1) is 15.8. The molecular weight excluding hydrogens is 542 g/mol. The maximum atomic E-state index is 13.6. The molecule has 1 aliphatic carbocycles. The van der Waals surface area contributed by atoms with Gasteiger partial charge in [0.1, 0.15) is 0 Å². The van der Waals surface area contributed by atoms with E-state index in [-0.39, 0.29) is 22.9 Å². The minimum atomic E-state index is -3.69. The number of benzene rings is 1. The third kappa shape index (κ3) is 7.64. The van der Waals surface area contributed by atoms with Crippen molar-refractivity contribution in [2.24, 2.45) is 0 Å². The van der Waals surface area contributed by atoms with Gasteiger partial charge in [0.25, 0.3) is 10.0 Å². The van der Waals surface area contributed by atoms with E-state index in [1.165, 1.54) is 0 Å². The van der Waals surface area contributed by atoms with E-state index in [0.29, 0.717) is 11.4 Å².